The second-order valence-electron chi connectivity index (χ2n) is 4.87. The zero-order valence-corrected chi connectivity index (χ0v) is 13.6. The van der Waals surface area contributed by atoms with Gasteiger partial charge in [0.25, 0.3) is 0 Å². The zero-order chi connectivity index (χ0) is 16.7. The molecular weight excluding hydrogens is 312 g/mol. The summed E-state index contributed by atoms with van der Waals surface area (Å²) in [5.74, 6) is 0. The molecule has 0 saturated carbocycles. The Kier molecular flexibility index (Phi) is 5.88. The van der Waals surface area contributed by atoms with E-state index in [9.17, 15) is 8.42 Å². The molecule has 0 heterocycles. The summed E-state index contributed by atoms with van der Waals surface area (Å²) in [7, 11) is -3.62. The lowest BCUT2D eigenvalue weighted by Gasteiger charge is -2.11. The van der Waals surface area contributed by atoms with Crippen LogP contribution in [0, 0.1) is 11.3 Å². The first kappa shape index (κ1) is 17.2. The van der Waals surface area contributed by atoms with E-state index in [4.69, 9.17) is 10.00 Å². The van der Waals surface area contributed by atoms with Gasteiger partial charge in [0.2, 0.25) is 10.0 Å². The highest BCUT2D eigenvalue weighted by Crippen LogP contribution is 2.13. The van der Waals surface area contributed by atoms with Crippen molar-refractivity contribution >= 4 is 10.0 Å². The third-order valence-electron chi connectivity index (χ3n) is 3.33. The standard InChI is InChI=1S/C17H18N2O3S/c1-2-22-13-16-6-4-3-5-15(16)12-19-23(20,21)17-9-7-14(11-18)8-10-17/h3-10,19H,2,12-13H2,1H3. The normalized spacial score (nSPS) is 11.1. The summed E-state index contributed by atoms with van der Waals surface area (Å²) < 4.78 is 32.6. The van der Waals surface area contributed by atoms with Crippen molar-refractivity contribution in [2.75, 3.05) is 6.61 Å². The molecule has 5 nitrogen and oxygen atoms in total. The Morgan fingerprint density at radius 3 is 2.35 bits per heavy atom. The number of ether oxygens (including phenoxy) is 1. The minimum absolute atomic E-state index is 0.138. The second kappa shape index (κ2) is 7.88. The van der Waals surface area contributed by atoms with E-state index in [2.05, 4.69) is 4.72 Å². The molecular formula is C17H18N2O3S. The van der Waals surface area contributed by atoms with Gasteiger partial charge in [-0.3, -0.25) is 0 Å². The molecule has 1 N–H and O–H groups in total. The minimum Gasteiger partial charge on any atom is -0.377 e. The Balaban J connectivity index is 2.11. The Morgan fingerprint density at radius 1 is 1.09 bits per heavy atom. The fourth-order valence-corrected chi connectivity index (χ4v) is 3.05. The molecule has 0 aliphatic carbocycles. The fourth-order valence-electron chi connectivity index (χ4n) is 2.05. The molecule has 0 radical (unpaired) electrons. The molecule has 23 heavy (non-hydrogen) atoms. The lowest BCUT2D eigenvalue weighted by atomic mass is 10.1. The monoisotopic (exact) mass is 330 g/mol. The first-order chi connectivity index (χ1) is 11.1. The van der Waals surface area contributed by atoms with Crippen LogP contribution in [0.1, 0.15) is 23.6 Å². The summed E-state index contributed by atoms with van der Waals surface area (Å²) in [5, 5.41) is 8.76. The van der Waals surface area contributed by atoms with E-state index in [1.54, 1.807) is 0 Å². The van der Waals surface area contributed by atoms with Gasteiger partial charge in [0.1, 0.15) is 0 Å². The van der Waals surface area contributed by atoms with Crippen LogP contribution in [-0.4, -0.2) is 15.0 Å². The molecule has 0 aliphatic heterocycles. The number of benzene rings is 2. The van der Waals surface area contributed by atoms with Gasteiger partial charge in [-0.2, -0.15) is 5.26 Å². The van der Waals surface area contributed by atoms with Crippen molar-refractivity contribution in [3.8, 4) is 6.07 Å². The molecule has 0 aromatic heterocycles. The van der Waals surface area contributed by atoms with Gasteiger partial charge in [0.15, 0.2) is 0 Å². The smallest absolute Gasteiger partial charge is 0.240 e. The predicted octanol–water partition coefficient (Wildman–Crippen LogP) is 2.57. The summed E-state index contributed by atoms with van der Waals surface area (Å²) in [4.78, 5) is 0.138. The number of nitrogens with zero attached hydrogens (tertiary/aromatic N) is 1. The van der Waals surface area contributed by atoms with E-state index in [-0.39, 0.29) is 11.4 Å². The van der Waals surface area contributed by atoms with Crippen LogP contribution in [0.2, 0.25) is 0 Å². The highest BCUT2D eigenvalue weighted by Gasteiger charge is 2.14. The van der Waals surface area contributed by atoms with Crippen LogP contribution in [0.25, 0.3) is 0 Å². The van der Waals surface area contributed by atoms with E-state index in [1.807, 2.05) is 37.3 Å². The summed E-state index contributed by atoms with van der Waals surface area (Å²) >= 11 is 0. The molecule has 0 spiro atoms. The average molecular weight is 330 g/mol. The van der Waals surface area contributed by atoms with Crippen LogP contribution in [0.3, 0.4) is 0 Å². The van der Waals surface area contributed by atoms with Gasteiger partial charge in [-0.05, 0) is 42.3 Å². The molecule has 0 amide bonds. The molecule has 0 bridgehead atoms. The lowest BCUT2D eigenvalue weighted by Crippen LogP contribution is -2.23. The molecule has 0 aliphatic rings. The minimum atomic E-state index is -3.62. The molecule has 120 valence electrons. The van der Waals surface area contributed by atoms with Crippen LogP contribution in [0.4, 0.5) is 0 Å². The Morgan fingerprint density at radius 2 is 1.74 bits per heavy atom. The quantitative estimate of drug-likeness (QED) is 0.846. The number of rotatable bonds is 7. The third kappa shape index (κ3) is 4.63. The van der Waals surface area contributed by atoms with E-state index >= 15 is 0 Å². The van der Waals surface area contributed by atoms with E-state index in [0.29, 0.717) is 18.8 Å². The van der Waals surface area contributed by atoms with Crippen molar-refractivity contribution < 1.29 is 13.2 Å². The Labute approximate surface area is 136 Å². The first-order valence-corrected chi connectivity index (χ1v) is 8.69. The summed E-state index contributed by atoms with van der Waals surface area (Å²) in [5.41, 5.74) is 2.25. The summed E-state index contributed by atoms with van der Waals surface area (Å²) in [6.07, 6.45) is 0. The van der Waals surface area contributed by atoms with Gasteiger partial charge < -0.3 is 4.74 Å². The second-order valence-corrected chi connectivity index (χ2v) is 6.63. The SMILES string of the molecule is CCOCc1ccccc1CNS(=O)(=O)c1ccc(C#N)cc1. The van der Waals surface area contributed by atoms with Gasteiger partial charge in [-0.25, -0.2) is 13.1 Å². The van der Waals surface area contributed by atoms with Crippen molar-refractivity contribution in [3.63, 3.8) is 0 Å². The first-order valence-electron chi connectivity index (χ1n) is 7.21. The summed E-state index contributed by atoms with van der Waals surface area (Å²) in [6.45, 7) is 3.15. The Bertz CT molecular complexity index is 793. The van der Waals surface area contributed by atoms with E-state index < -0.39 is 10.0 Å². The van der Waals surface area contributed by atoms with Crippen molar-refractivity contribution in [2.24, 2.45) is 0 Å². The molecule has 2 aromatic carbocycles. The average Bonchev–Trinajstić information content (AvgIpc) is 2.59. The van der Waals surface area contributed by atoms with Gasteiger partial charge in [-0.1, -0.05) is 24.3 Å². The number of sulfonamides is 1. The molecule has 6 heteroatoms. The molecule has 2 rings (SSSR count). The third-order valence-corrected chi connectivity index (χ3v) is 4.74. The number of nitriles is 1. The van der Waals surface area contributed by atoms with Gasteiger partial charge >= 0.3 is 0 Å². The van der Waals surface area contributed by atoms with Crippen LogP contribution in [0.5, 0.6) is 0 Å². The topological polar surface area (TPSA) is 79.2 Å². The predicted molar refractivity (Wildman–Crippen MR) is 87.0 cm³/mol. The highest BCUT2D eigenvalue weighted by atomic mass is 32.2. The number of hydrogen-bond acceptors (Lipinski definition) is 4. The van der Waals surface area contributed by atoms with Crippen LogP contribution >= 0.6 is 0 Å². The lowest BCUT2D eigenvalue weighted by molar-refractivity contribution is 0.133. The largest absolute Gasteiger partial charge is 0.377 e. The van der Waals surface area contributed by atoms with Crippen molar-refractivity contribution in [3.05, 3.63) is 65.2 Å². The molecule has 0 unspecified atom stereocenters. The molecule has 0 atom stereocenters. The van der Waals surface area contributed by atoms with Crippen LogP contribution < -0.4 is 4.72 Å². The number of hydrogen-bond donors (Lipinski definition) is 1. The maximum atomic E-state index is 12.3. The van der Waals surface area contributed by atoms with Gasteiger partial charge in [-0.15, -0.1) is 0 Å². The van der Waals surface area contributed by atoms with Crippen molar-refractivity contribution in [1.82, 2.24) is 4.72 Å². The van der Waals surface area contributed by atoms with Crippen molar-refractivity contribution in [2.45, 2.75) is 25.0 Å². The zero-order valence-electron chi connectivity index (χ0n) is 12.8. The maximum Gasteiger partial charge on any atom is 0.240 e. The molecule has 0 fully saturated rings. The van der Waals surface area contributed by atoms with Crippen LogP contribution in [-0.2, 0) is 27.9 Å². The highest BCUT2D eigenvalue weighted by molar-refractivity contribution is 7.89. The fraction of sp³-hybridized carbons (Fsp3) is 0.235. The molecule has 0 saturated heterocycles. The van der Waals surface area contributed by atoms with E-state index in [0.717, 1.165) is 11.1 Å². The van der Waals surface area contributed by atoms with Gasteiger partial charge in [0, 0.05) is 13.2 Å². The van der Waals surface area contributed by atoms with E-state index in [1.165, 1.54) is 24.3 Å². The van der Waals surface area contributed by atoms with Gasteiger partial charge in [0.05, 0.1) is 23.1 Å². The summed E-state index contributed by atoms with van der Waals surface area (Å²) in [6, 6.07) is 15.3. The molecule has 2 aromatic rings. The Hall–Kier alpha value is -2.20. The van der Waals surface area contributed by atoms with Crippen LogP contribution in [0.15, 0.2) is 53.4 Å². The maximum absolute atomic E-state index is 12.3. The number of nitrogens with one attached hydrogen (secondary N) is 1. The van der Waals surface area contributed by atoms with Crippen molar-refractivity contribution in [1.29, 1.82) is 5.26 Å².